The number of benzene rings is 2. The maximum atomic E-state index is 11.6. The molecular weight excluding hydrogens is 360 g/mol. The van der Waals surface area contributed by atoms with Gasteiger partial charge in [0, 0.05) is 10.9 Å². The standard InChI is InChI=1S/C21H18N2O3S/c1-13-6-8-14(9-7-13)18-12-27-21-22-20(17(23(18)21)11-19(24)25)15-4-3-5-16(10-15)26-2/h3-10,12H,11H2,1-2H3,(H,24,25). The summed E-state index contributed by atoms with van der Waals surface area (Å²) >= 11 is 1.51. The lowest BCUT2D eigenvalue weighted by Crippen LogP contribution is -2.05. The molecule has 0 saturated heterocycles. The first-order valence-electron chi connectivity index (χ1n) is 8.49. The largest absolute Gasteiger partial charge is 0.497 e. The van der Waals surface area contributed by atoms with E-state index in [1.165, 1.54) is 16.9 Å². The lowest BCUT2D eigenvalue weighted by Gasteiger charge is -2.07. The van der Waals surface area contributed by atoms with Crippen LogP contribution in [-0.2, 0) is 11.2 Å². The van der Waals surface area contributed by atoms with Gasteiger partial charge in [0.25, 0.3) is 0 Å². The van der Waals surface area contributed by atoms with Crippen molar-refractivity contribution in [2.45, 2.75) is 13.3 Å². The number of hydrogen-bond donors (Lipinski definition) is 1. The Morgan fingerprint density at radius 3 is 2.67 bits per heavy atom. The molecule has 4 rings (SSSR count). The van der Waals surface area contributed by atoms with Crippen LogP contribution in [0.25, 0.3) is 27.5 Å². The number of fused-ring (bicyclic) bond motifs is 1. The highest BCUT2D eigenvalue weighted by Gasteiger charge is 2.21. The van der Waals surface area contributed by atoms with Crippen LogP contribution in [-0.4, -0.2) is 27.6 Å². The fourth-order valence-electron chi connectivity index (χ4n) is 3.15. The summed E-state index contributed by atoms with van der Waals surface area (Å²) in [7, 11) is 1.61. The van der Waals surface area contributed by atoms with Gasteiger partial charge in [-0.2, -0.15) is 0 Å². The summed E-state index contributed by atoms with van der Waals surface area (Å²) in [6.07, 6.45) is -0.108. The number of ether oxygens (including phenoxy) is 1. The number of carboxylic acids is 1. The third kappa shape index (κ3) is 3.19. The topological polar surface area (TPSA) is 63.8 Å². The van der Waals surface area contributed by atoms with E-state index in [-0.39, 0.29) is 6.42 Å². The molecule has 0 aliphatic carbocycles. The van der Waals surface area contributed by atoms with E-state index in [0.717, 1.165) is 21.8 Å². The van der Waals surface area contributed by atoms with Gasteiger partial charge in [-0.15, -0.1) is 11.3 Å². The van der Waals surface area contributed by atoms with Crippen molar-refractivity contribution < 1.29 is 14.6 Å². The summed E-state index contributed by atoms with van der Waals surface area (Å²) in [5.41, 5.74) is 5.36. The number of carbonyl (C=O) groups is 1. The van der Waals surface area contributed by atoms with E-state index in [9.17, 15) is 9.90 Å². The first kappa shape index (κ1) is 17.3. The first-order valence-corrected chi connectivity index (χ1v) is 9.37. The van der Waals surface area contributed by atoms with Crippen LogP contribution in [0.15, 0.2) is 53.9 Å². The van der Waals surface area contributed by atoms with Crippen LogP contribution in [0, 0.1) is 6.92 Å². The van der Waals surface area contributed by atoms with E-state index in [1.54, 1.807) is 7.11 Å². The number of imidazole rings is 1. The summed E-state index contributed by atoms with van der Waals surface area (Å²) in [5, 5.41) is 11.5. The highest BCUT2D eigenvalue weighted by Crippen LogP contribution is 2.34. The SMILES string of the molecule is COc1cccc(-c2nc3scc(-c4ccc(C)cc4)n3c2CC(=O)O)c1. The molecule has 0 bridgehead atoms. The Morgan fingerprint density at radius 1 is 1.19 bits per heavy atom. The fourth-order valence-corrected chi connectivity index (χ4v) is 4.07. The molecule has 0 spiro atoms. The Bertz CT molecular complexity index is 1130. The second-order valence-corrected chi connectivity index (χ2v) is 7.15. The Morgan fingerprint density at radius 2 is 1.96 bits per heavy atom. The van der Waals surface area contributed by atoms with E-state index in [4.69, 9.17) is 9.72 Å². The normalized spacial score (nSPS) is 11.0. The lowest BCUT2D eigenvalue weighted by atomic mass is 10.1. The van der Waals surface area contributed by atoms with E-state index in [2.05, 4.69) is 12.1 Å². The number of methoxy groups -OCH3 is 1. The predicted octanol–water partition coefficient (Wildman–Crippen LogP) is 4.67. The fraction of sp³-hybridized carbons (Fsp3) is 0.143. The molecular formula is C21H18N2O3S. The zero-order valence-corrected chi connectivity index (χ0v) is 15.8. The van der Waals surface area contributed by atoms with Crippen LogP contribution >= 0.6 is 11.3 Å². The van der Waals surface area contributed by atoms with Gasteiger partial charge in [0.15, 0.2) is 4.96 Å². The minimum Gasteiger partial charge on any atom is -0.497 e. The van der Waals surface area contributed by atoms with Gasteiger partial charge in [-0.1, -0.05) is 42.0 Å². The zero-order valence-electron chi connectivity index (χ0n) is 15.0. The second-order valence-electron chi connectivity index (χ2n) is 6.31. The van der Waals surface area contributed by atoms with Gasteiger partial charge >= 0.3 is 5.97 Å². The molecule has 0 amide bonds. The van der Waals surface area contributed by atoms with Gasteiger partial charge in [0.1, 0.15) is 5.75 Å². The maximum Gasteiger partial charge on any atom is 0.309 e. The molecule has 0 fully saturated rings. The lowest BCUT2D eigenvalue weighted by molar-refractivity contribution is -0.136. The first-order chi connectivity index (χ1) is 13.1. The van der Waals surface area contributed by atoms with Crippen LogP contribution in [0.5, 0.6) is 5.75 Å². The van der Waals surface area contributed by atoms with Gasteiger partial charge in [-0.05, 0) is 24.6 Å². The molecule has 2 aromatic carbocycles. The van der Waals surface area contributed by atoms with Crippen molar-refractivity contribution in [3.8, 4) is 28.3 Å². The van der Waals surface area contributed by atoms with Crippen LogP contribution < -0.4 is 4.74 Å². The van der Waals surface area contributed by atoms with Crippen molar-refractivity contribution in [2.75, 3.05) is 7.11 Å². The van der Waals surface area contributed by atoms with Gasteiger partial charge < -0.3 is 9.84 Å². The summed E-state index contributed by atoms with van der Waals surface area (Å²) < 4.78 is 7.27. The van der Waals surface area contributed by atoms with Crippen molar-refractivity contribution in [1.82, 2.24) is 9.38 Å². The molecule has 0 aliphatic rings. The number of rotatable bonds is 5. The van der Waals surface area contributed by atoms with E-state index < -0.39 is 5.97 Å². The van der Waals surface area contributed by atoms with Crippen LogP contribution in [0.3, 0.4) is 0 Å². The van der Waals surface area contributed by atoms with Crippen LogP contribution in [0.2, 0.25) is 0 Å². The molecule has 2 aromatic heterocycles. The molecule has 4 aromatic rings. The number of aryl methyl sites for hydroxylation is 1. The summed E-state index contributed by atoms with van der Waals surface area (Å²) in [6, 6.07) is 15.7. The molecule has 0 radical (unpaired) electrons. The van der Waals surface area contributed by atoms with Crippen molar-refractivity contribution in [3.63, 3.8) is 0 Å². The second kappa shape index (κ2) is 6.89. The van der Waals surface area contributed by atoms with Crippen molar-refractivity contribution >= 4 is 22.3 Å². The molecule has 2 heterocycles. The van der Waals surface area contributed by atoms with E-state index in [1.807, 2.05) is 53.1 Å². The molecule has 0 aliphatic heterocycles. The third-order valence-electron chi connectivity index (χ3n) is 4.47. The van der Waals surface area contributed by atoms with Crippen molar-refractivity contribution in [3.05, 3.63) is 65.2 Å². The van der Waals surface area contributed by atoms with Gasteiger partial charge in [-0.3, -0.25) is 9.20 Å². The highest BCUT2D eigenvalue weighted by atomic mass is 32.1. The quantitative estimate of drug-likeness (QED) is 0.548. The monoisotopic (exact) mass is 378 g/mol. The predicted molar refractivity (Wildman–Crippen MR) is 107 cm³/mol. The maximum absolute atomic E-state index is 11.6. The molecule has 136 valence electrons. The molecule has 5 nitrogen and oxygen atoms in total. The molecule has 0 atom stereocenters. The molecule has 6 heteroatoms. The van der Waals surface area contributed by atoms with Gasteiger partial charge in [0.2, 0.25) is 0 Å². The van der Waals surface area contributed by atoms with Crippen LogP contribution in [0.1, 0.15) is 11.3 Å². The minimum atomic E-state index is -0.887. The molecule has 27 heavy (non-hydrogen) atoms. The average Bonchev–Trinajstić information content (AvgIpc) is 3.22. The molecule has 0 saturated carbocycles. The number of thiazole rings is 1. The number of hydrogen-bond acceptors (Lipinski definition) is 4. The molecule has 0 unspecified atom stereocenters. The Kier molecular flexibility index (Phi) is 4.41. The molecule has 1 N–H and O–H groups in total. The van der Waals surface area contributed by atoms with E-state index in [0.29, 0.717) is 17.1 Å². The van der Waals surface area contributed by atoms with Gasteiger partial charge in [0.05, 0.1) is 30.6 Å². The van der Waals surface area contributed by atoms with Crippen molar-refractivity contribution in [1.29, 1.82) is 0 Å². The number of aromatic nitrogens is 2. The third-order valence-corrected chi connectivity index (χ3v) is 5.29. The number of aliphatic carboxylic acids is 1. The summed E-state index contributed by atoms with van der Waals surface area (Å²) in [6.45, 7) is 2.04. The Hall–Kier alpha value is -3.12. The van der Waals surface area contributed by atoms with Crippen molar-refractivity contribution in [2.24, 2.45) is 0 Å². The zero-order chi connectivity index (χ0) is 19.0. The van der Waals surface area contributed by atoms with Gasteiger partial charge in [-0.25, -0.2) is 4.98 Å². The minimum absolute atomic E-state index is 0.108. The smallest absolute Gasteiger partial charge is 0.309 e. The summed E-state index contributed by atoms with van der Waals surface area (Å²) in [5.74, 6) is -0.175. The average molecular weight is 378 g/mol. The Balaban J connectivity index is 1.95. The number of carboxylic acid groups (broad SMARTS) is 1. The van der Waals surface area contributed by atoms with E-state index >= 15 is 0 Å². The number of nitrogens with zero attached hydrogens (tertiary/aromatic N) is 2. The Labute approximate surface area is 160 Å². The highest BCUT2D eigenvalue weighted by molar-refractivity contribution is 7.15. The summed E-state index contributed by atoms with van der Waals surface area (Å²) in [4.78, 5) is 17.1. The van der Waals surface area contributed by atoms with Crippen LogP contribution in [0.4, 0.5) is 0 Å².